The van der Waals surface area contributed by atoms with Gasteiger partial charge in [-0.2, -0.15) is 5.48 Å². The zero-order valence-electron chi connectivity index (χ0n) is 14.6. The van der Waals surface area contributed by atoms with Crippen molar-refractivity contribution in [2.24, 2.45) is 0 Å². The Bertz CT molecular complexity index is 570. The lowest BCUT2D eigenvalue weighted by atomic mass is 10.0. The smallest absolute Gasteiger partial charge is 0.331 e. The van der Waals surface area contributed by atoms with Crippen LogP contribution in [-0.2, 0) is 20.8 Å². The molecule has 0 bridgehead atoms. The van der Waals surface area contributed by atoms with Crippen LogP contribution in [0.3, 0.4) is 0 Å². The van der Waals surface area contributed by atoms with E-state index >= 15 is 0 Å². The molecule has 0 radical (unpaired) electrons. The second-order valence-corrected chi connectivity index (χ2v) is 5.76. The zero-order valence-corrected chi connectivity index (χ0v) is 14.6. The Morgan fingerprint density at radius 1 is 1.08 bits per heavy atom. The van der Waals surface area contributed by atoms with E-state index in [4.69, 9.17) is 0 Å². The molecule has 24 heavy (non-hydrogen) atoms. The van der Waals surface area contributed by atoms with Crippen LogP contribution in [0.2, 0.25) is 0 Å². The van der Waals surface area contributed by atoms with E-state index in [2.05, 4.69) is 10.3 Å². The Labute approximate surface area is 143 Å². The topological polar surface area (TPSA) is 75.7 Å². The summed E-state index contributed by atoms with van der Waals surface area (Å²) in [5.74, 6) is -0.769. The monoisotopic (exact) mass is 334 g/mol. The molecule has 0 unspecified atom stereocenters. The lowest BCUT2D eigenvalue weighted by molar-refractivity contribution is -0.148. The van der Waals surface area contributed by atoms with Crippen molar-refractivity contribution in [2.45, 2.75) is 45.4 Å². The Hall–Kier alpha value is -2.37. The number of benzene rings is 1. The largest absolute Gasteiger partial charge is 0.349 e. The summed E-state index contributed by atoms with van der Waals surface area (Å²) in [5, 5.41) is 0. The molecule has 6 heteroatoms. The van der Waals surface area contributed by atoms with Crippen LogP contribution in [-0.4, -0.2) is 36.8 Å². The number of hydrogen-bond acceptors (Lipinski definition) is 4. The van der Waals surface area contributed by atoms with Crippen molar-refractivity contribution in [1.29, 1.82) is 0 Å². The van der Waals surface area contributed by atoms with Crippen LogP contribution in [0.4, 0.5) is 0 Å². The lowest BCUT2D eigenvalue weighted by Crippen LogP contribution is -2.27. The van der Waals surface area contributed by atoms with E-state index in [1.165, 1.54) is 0 Å². The van der Waals surface area contributed by atoms with Crippen molar-refractivity contribution in [3.8, 4) is 0 Å². The minimum atomic E-state index is -0.480. The summed E-state index contributed by atoms with van der Waals surface area (Å²) in [6, 6.07) is 7.25. The zero-order chi connectivity index (χ0) is 17.9. The van der Waals surface area contributed by atoms with Gasteiger partial charge >= 0.3 is 5.97 Å². The minimum Gasteiger partial charge on any atom is -0.349 e. The van der Waals surface area contributed by atoms with Crippen LogP contribution in [0.15, 0.2) is 24.3 Å². The normalized spacial score (nSPS) is 10.1. The van der Waals surface area contributed by atoms with E-state index in [0.717, 1.165) is 31.2 Å². The molecule has 0 aliphatic carbocycles. The molecule has 0 fully saturated rings. The molecule has 1 aromatic carbocycles. The molecule has 1 rings (SSSR count). The standard InChI is InChI=1S/C18H26N2O4/c1-4-17(22)24-19-18(23)15-12-9-8-11-14(15)10-6-5-7-13-16(21)20(2)3/h8-9,11-12H,4-7,10,13H2,1-3H3,(H,19,23). The molecule has 0 saturated heterocycles. The summed E-state index contributed by atoms with van der Waals surface area (Å²) >= 11 is 0. The van der Waals surface area contributed by atoms with Gasteiger partial charge in [-0.3, -0.25) is 9.59 Å². The van der Waals surface area contributed by atoms with Crippen LogP contribution >= 0.6 is 0 Å². The molecule has 1 N–H and O–H groups in total. The van der Waals surface area contributed by atoms with Gasteiger partial charge in [-0.15, -0.1) is 0 Å². The van der Waals surface area contributed by atoms with Crippen molar-refractivity contribution >= 4 is 17.8 Å². The van der Waals surface area contributed by atoms with Crippen molar-refractivity contribution in [1.82, 2.24) is 10.4 Å². The molecule has 1 aromatic rings. The molecule has 0 aliphatic rings. The first-order valence-corrected chi connectivity index (χ1v) is 8.23. The van der Waals surface area contributed by atoms with E-state index in [1.54, 1.807) is 38.1 Å². The van der Waals surface area contributed by atoms with Crippen LogP contribution in [0.1, 0.15) is 54.9 Å². The summed E-state index contributed by atoms with van der Waals surface area (Å²) in [7, 11) is 3.51. The fraction of sp³-hybridized carbons (Fsp3) is 0.500. The van der Waals surface area contributed by atoms with Gasteiger partial charge in [-0.05, 0) is 30.9 Å². The predicted molar refractivity (Wildman–Crippen MR) is 91.2 cm³/mol. The van der Waals surface area contributed by atoms with Gasteiger partial charge in [0.25, 0.3) is 5.91 Å². The number of hydroxylamine groups is 1. The fourth-order valence-corrected chi connectivity index (χ4v) is 2.18. The Balaban J connectivity index is 2.47. The number of amides is 2. The van der Waals surface area contributed by atoms with Gasteiger partial charge in [0, 0.05) is 32.5 Å². The highest BCUT2D eigenvalue weighted by Gasteiger charge is 2.12. The molecule has 0 atom stereocenters. The minimum absolute atomic E-state index is 0.132. The number of nitrogens with one attached hydrogen (secondary N) is 1. The molecule has 6 nitrogen and oxygen atoms in total. The molecule has 0 aliphatic heterocycles. The highest BCUT2D eigenvalue weighted by Crippen LogP contribution is 2.14. The van der Waals surface area contributed by atoms with Crippen molar-refractivity contribution < 1.29 is 19.2 Å². The van der Waals surface area contributed by atoms with Crippen LogP contribution in [0.25, 0.3) is 0 Å². The number of aryl methyl sites for hydroxylation is 1. The molecule has 0 aromatic heterocycles. The molecular formula is C18H26N2O4. The summed E-state index contributed by atoms with van der Waals surface area (Å²) in [5.41, 5.74) is 3.59. The molecule has 132 valence electrons. The summed E-state index contributed by atoms with van der Waals surface area (Å²) in [4.78, 5) is 41.0. The Kier molecular flexibility index (Phi) is 8.54. The van der Waals surface area contributed by atoms with Gasteiger partial charge in [-0.1, -0.05) is 31.5 Å². The maximum Gasteiger partial charge on any atom is 0.331 e. The number of carbonyl (C=O) groups excluding carboxylic acids is 3. The number of carbonyl (C=O) groups is 3. The third-order valence-corrected chi connectivity index (χ3v) is 3.64. The van der Waals surface area contributed by atoms with Gasteiger partial charge < -0.3 is 9.74 Å². The summed E-state index contributed by atoms with van der Waals surface area (Å²) in [6.45, 7) is 1.66. The van der Waals surface area contributed by atoms with Crippen LogP contribution < -0.4 is 5.48 Å². The highest BCUT2D eigenvalue weighted by molar-refractivity contribution is 5.95. The third-order valence-electron chi connectivity index (χ3n) is 3.64. The van der Waals surface area contributed by atoms with Crippen LogP contribution in [0.5, 0.6) is 0 Å². The molecule has 0 heterocycles. The van der Waals surface area contributed by atoms with Crippen molar-refractivity contribution in [3.63, 3.8) is 0 Å². The molecular weight excluding hydrogens is 308 g/mol. The van der Waals surface area contributed by atoms with Gasteiger partial charge in [-0.25, -0.2) is 4.79 Å². The Morgan fingerprint density at radius 3 is 2.46 bits per heavy atom. The number of unbranched alkanes of at least 4 members (excludes halogenated alkanes) is 2. The van der Waals surface area contributed by atoms with Gasteiger partial charge in [0.1, 0.15) is 0 Å². The average Bonchev–Trinajstić information content (AvgIpc) is 2.59. The lowest BCUT2D eigenvalue weighted by Gasteiger charge is -2.11. The van der Waals surface area contributed by atoms with E-state index in [0.29, 0.717) is 12.0 Å². The molecule has 0 spiro atoms. The number of nitrogens with zero attached hydrogens (tertiary/aromatic N) is 1. The van der Waals surface area contributed by atoms with E-state index in [-0.39, 0.29) is 12.3 Å². The number of hydrogen-bond donors (Lipinski definition) is 1. The maximum atomic E-state index is 12.1. The quantitative estimate of drug-likeness (QED) is 0.585. The molecule has 0 saturated carbocycles. The average molecular weight is 334 g/mol. The summed E-state index contributed by atoms with van der Waals surface area (Å²) in [6.07, 6.45) is 4.12. The SMILES string of the molecule is CCC(=O)ONC(=O)c1ccccc1CCCCCC(=O)N(C)C. The number of rotatable bonds is 8. The van der Waals surface area contributed by atoms with E-state index < -0.39 is 11.9 Å². The highest BCUT2D eigenvalue weighted by atomic mass is 16.7. The van der Waals surface area contributed by atoms with Crippen molar-refractivity contribution in [2.75, 3.05) is 14.1 Å². The third kappa shape index (κ3) is 6.81. The van der Waals surface area contributed by atoms with Gasteiger partial charge in [0.05, 0.1) is 0 Å². The van der Waals surface area contributed by atoms with Gasteiger partial charge in [0.15, 0.2) is 0 Å². The van der Waals surface area contributed by atoms with Crippen molar-refractivity contribution in [3.05, 3.63) is 35.4 Å². The fourth-order valence-electron chi connectivity index (χ4n) is 2.18. The second kappa shape index (κ2) is 10.4. The molecule has 2 amide bonds. The first-order valence-electron chi connectivity index (χ1n) is 8.23. The predicted octanol–water partition coefficient (Wildman–Crippen LogP) is 2.48. The van der Waals surface area contributed by atoms with E-state index in [1.807, 2.05) is 12.1 Å². The van der Waals surface area contributed by atoms with E-state index in [9.17, 15) is 14.4 Å². The maximum absolute atomic E-state index is 12.1. The van der Waals surface area contributed by atoms with Gasteiger partial charge in [0.2, 0.25) is 5.91 Å². The Morgan fingerprint density at radius 2 is 1.79 bits per heavy atom. The summed E-state index contributed by atoms with van der Waals surface area (Å²) < 4.78 is 0. The first kappa shape index (κ1) is 19.7. The van der Waals surface area contributed by atoms with Crippen LogP contribution in [0, 0.1) is 0 Å². The first-order chi connectivity index (χ1) is 11.5. The second-order valence-electron chi connectivity index (χ2n) is 5.76.